The third kappa shape index (κ3) is 3.93. The Morgan fingerprint density at radius 1 is 1.38 bits per heavy atom. The lowest BCUT2D eigenvalue weighted by molar-refractivity contribution is -0.0457. The van der Waals surface area contributed by atoms with Crippen LogP contribution in [0.15, 0.2) is 39.8 Å². The second kappa shape index (κ2) is 8.17. The Bertz CT molecular complexity index is 1120. The summed E-state index contributed by atoms with van der Waals surface area (Å²) in [5, 5.41) is 19.8. The van der Waals surface area contributed by atoms with Gasteiger partial charge in [0.2, 0.25) is 5.71 Å². The molecule has 3 aromatic heterocycles. The quantitative estimate of drug-likeness (QED) is 0.649. The Morgan fingerprint density at radius 3 is 2.93 bits per heavy atom. The van der Waals surface area contributed by atoms with Gasteiger partial charge in [-0.2, -0.15) is 4.98 Å². The molecule has 1 aliphatic heterocycles. The molecule has 0 aliphatic carbocycles. The molecule has 3 atom stereocenters. The van der Waals surface area contributed by atoms with Crippen LogP contribution < -0.4 is 5.69 Å². The molecule has 1 aliphatic rings. The molecule has 3 aromatic rings. The Kier molecular flexibility index (Phi) is 5.45. The summed E-state index contributed by atoms with van der Waals surface area (Å²) in [4.78, 5) is 20.7. The van der Waals surface area contributed by atoms with Crippen molar-refractivity contribution < 1.29 is 19.4 Å². The van der Waals surface area contributed by atoms with Crippen molar-refractivity contribution in [3.63, 3.8) is 0 Å². The molecule has 0 bridgehead atoms. The average Bonchev–Trinajstić information content (AvgIpc) is 3.30. The topological polar surface area (TPSA) is 111 Å². The van der Waals surface area contributed by atoms with Gasteiger partial charge in [-0.05, 0) is 30.5 Å². The SMILES string of the molecule is CCCC#Cc1ccc(-c2cc3cn([C@H]4C[C@H](O)[C@@H](CO)O4)c(=O)nc3o2)cn1. The Labute approximate surface area is 166 Å². The molecule has 8 heteroatoms. The van der Waals surface area contributed by atoms with Crippen molar-refractivity contribution in [3.05, 3.63) is 46.8 Å². The Morgan fingerprint density at radius 2 is 2.24 bits per heavy atom. The molecular formula is C21H21N3O5. The van der Waals surface area contributed by atoms with Crippen LogP contribution in [0.3, 0.4) is 0 Å². The van der Waals surface area contributed by atoms with E-state index in [1.807, 2.05) is 12.1 Å². The van der Waals surface area contributed by atoms with Crippen molar-refractivity contribution in [2.45, 2.75) is 44.6 Å². The van der Waals surface area contributed by atoms with Crippen molar-refractivity contribution in [3.8, 4) is 23.2 Å². The van der Waals surface area contributed by atoms with Crippen LogP contribution in [0.1, 0.15) is 38.1 Å². The zero-order chi connectivity index (χ0) is 20.4. The van der Waals surface area contributed by atoms with Crippen LogP contribution in [0.25, 0.3) is 22.4 Å². The molecule has 0 unspecified atom stereocenters. The van der Waals surface area contributed by atoms with Crippen LogP contribution in [0.2, 0.25) is 0 Å². The number of unbranched alkanes of at least 4 members (excludes halogenated alkanes) is 1. The molecule has 1 saturated heterocycles. The number of ether oxygens (including phenoxy) is 1. The van der Waals surface area contributed by atoms with Gasteiger partial charge >= 0.3 is 5.69 Å². The Hall–Kier alpha value is -2.99. The number of hydrogen-bond acceptors (Lipinski definition) is 7. The molecule has 8 nitrogen and oxygen atoms in total. The fourth-order valence-electron chi connectivity index (χ4n) is 3.22. The van der Waals surface area contributed by atoms with Crippen molar-refractivity contribution in [1.29, 1.82) is 0 Å². The van der Waals surface area contributed by atoms with Crippen LogP contribution >= 0.6 is 0 Å². The van der Waals surface area contributed by atoms with E-state index in [2.05, 4.69) is 28.7 Å². The molecular weight excluding hydrogens is 374 g/mol. The fourth-order valence-corrected chi connectivity index (χ4v) is 3.22. The molecule has 150 valence electrons. The lowest BCUT2D eigenvalue weighted by Gasteiger charge is -2.13. The summed E-state index contributed by atoms with van der Waals surface area (Å²) in [6.07, 6.45) is 3.06. The predicted octanol–water partition coefficient (Wildman–Crippen LogP) is 1.84. The van der Waals surface area contributed by atoms with Gasteiger partial charge < -0.3 is 19.4 Å². The molecule has 29 heavy (non-hydrogen) atoms. The first-order chi connectivity index (χ1) is 14.1. The average molecular weight is 395 g/mol. The van der Waals surface area contributed by atoms with Crippen molar-refractivity contribution in [2.75, 3.05) is 6.61 Å². The van der Waals surface area contributed by atoms with E-state index >= 15 is 0 Å². The van der Waals surface area contributed by atoms with Gasteiger partial charge in [0.25, 0.3) is 0 Å². The molecule has 2 N–H and O–H groups in total. The number of rotatable bonds is 4. The highest BCUT2D eigenvalue weighted by Gasteiger charge is 2.35. The first kappa shape index (κ1) is 19.3. The van der Waals surface area contributed by atoms with Crippen LogP contribution in [-0.2, 0) is 4.74 Å². The van der Waals surface area contributed by atoms with Crippen molar-refractivity contribution in [2.24, 2.45) is 0 Å². The summed E-state index contributed by atoms with van der Waals surface area (Å²) in [7, 11) is 0. The lowest BCUT2D eigenvalue weighted by Crippen LogP contribution is -2.27. The second-order valence-electron chi connectivity index (χ2n) is 6.90. The summed E-state index contributed by atoms with van der Waals surface area (Å²) < 4.78 is 12.6. The first-order valence-electron chi connectivity index (χ1n) is 9.51. The van der Waals surface area contributed by atoms with Crippen LogP contribution in [0, 0.1) is 11.8 Å². The third-order valence-electron chi connectivity index (χ3n) is 4.77. The van der Waals surface area contributed by atoms with Crippen molar-refractivity contribution in [1.82, 2.24) is 14.5 Å². The number of furan rings is 1. The van der Waals surface area contributed by atoms with Crippen molar-refractivity contribution >= 4 is 11.1 Å². The zero-order valence-electron chi connectivity index (χ0n) is 15.9. The molecule has 0 spiro atoms. The summed E-state index contributed by atoms with van der Waals surface area (Å²) in [6.45, 7) is 1.76. The standard InChI is InChI=1S/C21H21N3O5/c1-2-3-4-5-15-7-6-13(10-22-15)17-8-14-11-24(21(27)23-20(14)29-17)19-9-16(26)18(12-25)28-19/h6-8,10-11,16,18-19,25-26H,2-3,9,12H2,1H3/t16-,18+,19+/m0/s1. The van der Waals surface area contributed by atoms with E-state index in [0.717, 1.165) is 18.4 Å². The maximum absolute atomic E-state index is 12.4. The molecule has 4 heterocycles. The molecule has 0 amide bonds. The van der Waals surface area contributed by atoms with E-state index in [0.29, 0.717) is 16.8 Å². The van der Waals surface area contributed by atoms with Gasteiger partial charge in [0.05, 0.1) is 18.1 Å². The van der Waals surface area contributed by atoms with Gasteiger partial charge in [-0.1, -0.05) is 12.8 Å². The summed E-state index contributed by atoms with van der Waals surface area (Å²) in [5.74, 6) is 6.59. The number of pyridine rings is 1. The van der Waals surface area contributed by atoms with E-state index < -0.39 is 24.1 Å². The van der Waals surface area contributed by atoms with Crippen LogP contribution in [0.4, 0.5) is 0 Å². The van der Waals surface area contributed by atoms with Gasteiger partial charge in [-0.3, -0.25) is 4.57 Å². The zero-order valence-corrected chi connectivity index (χ0v) is 15.9. The molecule has 0 radical (unpaired) electrons. The maximum atomic E-state index is 12.4. The summed E-state index contributed by atoms with van der Waals surface area (Å²) >= 11 is 0. The molecule has 1 fully saturated rings. The number of fused-ring (bicyclic) bond motifs is 1. The lowest BCUT2D eigenvalue weighted by atomic mass is 10.2. The summed E-state index contributed by atoms with van der Waals surface area (Å²) in [6, 6.07) is 5.45. The maximum Gasteiger partial charge on any atom is 0.353 e. The second-order valence-corrected chi connectivity index (χ2v) is 6.90. The van der Waals surface area contributed by atoms with Gasteiger partial charge in [0, 0.05) is 30.8 Å². The smallest absolute Gasteiger partial charge is 0.353 e. The molecule has 4 rings (SSSR count). The Balaban J connectivity index is 1.62. The predicted molar refractivity (Wildman–Crippen MR) is 105 cm³/mol. The minimum Gasteiger partial charge on any atom is -0.437 e. The van der Waals surface area contributed by atoms with Gasteiger partial charge in [-0.15, -0.1) is 0 Å². The third-order valence-corrected chi connectivity index (χ3v) is 4.77. The molecule has 0 saturated carbocycles. The first-order valence-corrected chi connectivity index (χ1v) is 9.51. The van der Waals surface area contributed by atoms with E-state index in [-0.39, 0.29) is 18.7 Å². The van der Waals surface area contributed by atoms with E-state index in [1.54, 1.807) is 18.5 Å². The summed E-state index contributed by atoms with van der Waals surface area (Å²) in [5.41, 5.74) is 1.10. The number of aliphatic hydroxyl groups is 2. The fraction of sp³-hybridized carbons (Fsp3) is 0.381. The number of nitrogens with zero attached hydrogens (tertiary/aromatic N) is 3. The highest BCUT2D eigenvalue weighted by molar-refractivity contribution is 5.78. The van der Waals surface area contributed by atoms with Gasteiger partial charge in [0.1, 0.15) is 23.8 Å². The molecule has 0 aromatic carbocycles. The number of aliphatic hydroxyl groups excluding tert-OH is 2. The minimum absolute atomic E-state index is 0.202. The van der Waals surface area contributed by atoms with Gasteiger partial charge in [0.15, 0.2) is 0 Å². The van der Waals surface area contributed by atoms with Gasteiger partial charge in [-0.25, -0.2) is 9.78 Å². The number of hydrogen-bond donors (Lipinski definition) is 2. The highest BCUT2D eigenvalue weighted by atomic mass is 16.5. The highest BCUT2D eigenvalue weighted by Crippen LogP contribution is 2.30. The minimum atomic E-state index is -0.836. The van der Waals surface area contributed by atoms with E-state index in [9.17, 15) is 15.0 Å². The van der Waals surface area contributed by atoms with E-state index in [4.69, 9.17) is 9.15 Å². The van der Waals surface area contributed by atoms with Crippen LogP contribution in [0.5, 0.6) is 0 Å². The monoisotopic (exact) mass is 395 g/mol. The van der Waals surface area contributed by atoms with Crippen LogP contribution in [-0.4, -0.2) is 43.6 Å². The normalized spacial score (nSPS) is 21.3. The largest absolute Gasteiger partial charge is 0.437 e. The number of aromatic nitrogens is 3. The van der Waals surface area contributed by atoms with E-state index in [1.165, 1.54) is 4.57 Å².